The van der Waals surface area contributed by atoms with E-state index in [1.165, 1.54) is 0 Å². The normalized spacial score (nSPS) is 35.4. The molecule has 2 aliphatic rings. The molecule has 0 N–H and O–H groups in total. The van der Waals surface area contributed by atoms with E-state index in [2.05, 4.69) is 0 Å². The molecule has 3 unspecified atom stereocenters. The van der Waals surface area contributed by atoms with E-state index in [0.717, 1.165) is 12.8 Å². The lowest BCUT2D eigenvalue weighted by Crippen LogP contribution is -2.52. The maximum absolute atomic E-state index is 12.1. The van der Waals surface area contributed by atoms with Crippen LogP contribution in [0.1, 0.15) is 19.8 Å². The van der Waals surface area contributed by atoms with Crippen LogP contribution in [0.5, 0.6) is 0 Å². The average molecular weight is 248 g/mol. The summed E-state index contributed by atoms with van der Waals surface area (Å²) in [6.45, 7) is 3.91. The highest BCUT2D eigenvalue weighted by atomic mass is 35.5. The first-order valence-corrected chi connectivity index (χ1v) is 6.36. The minimum Gasteiger partial charge on any atom is -0.370 e. The molecule has 2 fully saturated rings. The van der Waals surface area contributed by atoms with E-state index in [4.69, 9.17) is 21.1 Å². The molecule has 0 aromatic rings. The third kappa shape index (κ3) is 2.67. The van der Waals surface area contributed by atoms with Gasteiger partial charge in [-0.1, -0.05) is 0 Å². The van der Waals surface area contributed by atoms with Gasteiger partial charge in [-0.15, -0.1) is 11.6 Å². The van der Waals surface area contributed by atoms with E-state index < -0.39 is 0 Å². The van der Waals surface area contributed by atoms with E-state index in [1.54, 1.807) is 0 Å². The van der Waals surface area contributed by atoms with Crippen LogP contribution >= 0.6 is 11.6 Å². The van der Waals surface area contributed by atoms with Crippen LogP contribution in [0.3, 0.4) is 0 Å². The Morgan fingerprint density at radius 3 is 2.94 bits per heavy atom. The lowest BCUT2D eigenvalue weighted by atomic mass is 10.1. The molecule has 4 nitrogen and oxygen atoms in total. The number of amides is 1. The topological polar surface area (TPSA) is 38.8 Å². The molecule has 2 saturated heterocycles. The number of ether oxygens (including phenoxy) is 2. The molecule has 16 heavy (non-hydrogen) atoms. The van der Waals surface area contributed by atoms with Gasteiger partial charge in [0.15, 0.2) is 0 Å². The summed E-state index contributed by atoms with van der Waals surface area (Å²) >= 11 is 5.78. The molecule has 0 aliphatic carbocycles. The SMILES string of the molecule is CC1CN(C(=O)C2CCCO2)CC(CCl)O1. The molecule has 92 valence electrons. The van der Waals surface area contributed by atoms with Gasteiger partial charge in [0.2, 0.25) is 0 Å². The number of morpholine rings is 1. The maximum Gasteiger partial charge on any atom is 0.251 e. The quantitative estimate of drug-likeness (QED) is 0.684. The summed E-state index contributed by atoms with van der Waals surface area (Å²) in [5.41, 5.74) is 0. The minimum absolute atomic E-state index is 0.0456. The first-order valence-electron chi connectivity index (χ1n) is 5.82. The van der Waals surface area contributed by atoms with Crippen LogP contribution in [0.15, 0.2) is 0 Å². The molecule has 2 heterocycles. The Bertz CT molecular complexity index is 256. The van der Waals surface area contributed by atoms with E-state index >= 15 is 0 Å². The zero-order valence-corrected chi connectivity index (χ0v) is 10.3. The van der Waals surface area contributed by atoms with Crippen molar-refractivity contribution < 1.29 is 14.3 Å². The zero-order valence-electron chi connectivity index (χ0n) is 9.52. The predicted molar refractivity (Wildman–Crippen MR) is 60.6 cm³/mol. The van der Waals surface area contributed by atoms with Gasteiger partial charge >= 0.3 is 0 Å². The number of rotatable bonds is 2. The zero-order chi connectivity index (χ0) is 11.5. The molecule has 5 heteroatoms. The molecule has 0 aromatic carbocycles. The van der Waals surface area contributed by atoms with Gasteiger partial charge in [0.1, 0.15) is 6.10 Å². The van der Waals surface area contributed by atoms with Crippen LogP contribution in [-0.2, 0) is 14.3 Å². The fourth-order valence-corrected chi connectivity index (χ4v) is 2.46. The highest BCUT2D eigenvalue weighted by Gasteiger charge is 2.33. The van der Waals surface area contributed by atoms with Gasteiger partial charge in [-0.05, 0) is 19.8 Å². The third-order valence-corrected chi connectivity index (χ3v) is 3.36. The summed E-state index contributed by atoms with van der Waals surface area (Å²) in [5.74, 6) is 0.530. The van der Waals surface area contributed by atoms with Crippen LogP contribution in [0.25, 0.3) is 0 Å². The van der Waals surface area contributed by atoms with Gasteiger partial charge in [0.25, 0.3) is 5.91 Å². The van der Waals surface area contributed by atoms with Gasteiger partial charge in [-0.3, -0.25) is 4.79 Å². The van der Waals surface area contributed by atoms with Gasteiger partial charge in [-0.2, -0.15) is 0 Å². The summed E-state index contributed by atoms with van der Waals surface area (Å²) in [4.78, 5) is 13.9. The smallest absolute Gasteiger partial charge is 0.251 e. The van der Waals surface area contributed by atoms with Gasteiger partial charge in [-0.25, -0.2) is 0 Å². The Kier molecular flexibility index (Phi) is 4.05. The minimum atomic E-state index is -0.235. The van der Waals surface area contributed by atoms with E-state index in [9.17, 15) is 4.79 Å². The first-order chi connectivity index (χ1) is 7.70. The van der Waals surface area contributed by atoms with Crippen LogP contribution in [0, 0.1) is 0 Å². The lowest BCUT2D eigenvalue weighted by molar-refractivity contribution is -0.152. The van der Waals surface area contributed by atoms with Crippen molar-refractivity contribution >= 4 is 17.5 Å². The second-order valence-electron chi connectivity index (χ2n) is 4.47. The number of nitrogens with zero attached hydrogens (tertiary/aromatic N) is 1. The van der Waals surface area contributed by atoms with E-state index in [-0.39, 0.29) is 24.2 Å². The standard InChI is InChI=1S/C11H18ClNO3/c1-8-6-13(7-9(5-12)16-8)11(14)10-3-2-4-15-10/h8-10H,2-7H2,1H3. The number of hydrogen-bond acceptors (Lipinski definition) is 3. The number of hydrogen-bond donors (Lipinski definition) is 0. The van der Waals surface area contributed by atoms with Crippen molar-refractivity contribution in [2.75, 3.05) is 25.6 Å². The fraction of sp³-hybridized carbons (Fsp3) is 0.909. The summed E-state index contributed by atoms with van der Waals surface area (Å²) in [6.07, 6.45) is 1.60. The van der Waals surface area contributed by atoms with Crippen molar-refractivity contribution in [3.63, 3.8) is 0 Å². The highest BCUT2D eigenvalue weighted by molar-refractivity contribution is 6.18. The fourth-order valence-electron chi connectivity index (χ4n) is 2.29. The van der Waals surface area contributed by atoms with Crippen molar-refractivity contribution in [1.82, 2.24) is 4.90 Å². The Labute approximate surface area is 101 Å². The van der Waals surface area contributed by atoms with Crippen LogP contribution < -0.4 is 0 Å². The second-order valence-corrected chi connectivity index (χ2v) is 4.78. The Morgan fingerprint density at radius 2 is 2.31 bits per heavy atom. The van der Waals surface area contributed by atoms with Crippen molar-refractivity contribution in [3.8, 4) is 0 Å². The molecule has 0 spiro atoms. The molecule has 0 saturated carbocycles. The van der Waals surface area contributed by atoms with Crippen LogP contribution in [-0.4, -0.2) is 54.7 Å². The van der Waals surface area contributed by atoms with Crippen molar-refractivity contribution in [2.24, 2.45) is 0 Å². The van der Waals surface area contributed by atoms with Crippen LogP contribution in [0.4, 0.5) is 0 Å². The van der Waals surface area contributed by atoms with Crippen LogP contribution in [0.2, 0.25) is 0 Å². The summed E-state index contributed by atoms with van der Waals surface area (Å²) < 4.78 is 11.0. The number of halogens is 1. The monoisotopic (exact) mass is 247 g/mol. The second kappa shape index (κ2) is 5.34. The van der Waals surface area contributed by atoms with E-state index in [0.29, 0.717) is 25.6 Å². The molecular formula is C11H18ClNO3. The number of carbonyl (C=O) groups excluding carboxylic acids is 1. The predicted octanol–water partition coefficient (Wildman–Crippen LogP) is 1.02. The van der Waals surface area contributed by atoms with Gasteiger partial charge in [0.05, 0.1) is 18.1 Å². The van der Waals surface area contributed by atoms with Gasteiger partial charge < -0.3 is 14.4 Å². The molecule has 0 bridgehead atoms. The largest absolute Gasteiger partial charge is 0.370 e. The Balaban J connectivity index is 1.94. The first kappa shape index (κ1) is 12.1. The highest BCUT2D eigenvalue weighted by Crippen LogP contribution is 2.18. The molecular weight excluding hydrogens is 230 g/mol. The third-order valence-electron chi connectivity index (χ3n) is 3.02. The molecule has 2 rings (SSSR count). The van der Waals surface area contributed by atoms with Crippen molar-refractivity contribution in [2.45, 2.75) is 38.1 Å². The summed E-state index contributed by atoms with van der Waals surface area (Å²) in [7, 11) is 0. The molecule has 1 amide bonds. The van der Waals surface area contributed by atoms with Crippen molar-refractivity contribution in [3.05, 3.63) is 0 Å². The maximum atomic E-state index is 12.1. The summed E-state index contributed by atoms with van der Waals surface area (Å²) in [6, 6.07) is 0. The Morgan fingerprint density at radius 1 is 1.50 bits per heavy atom. The average Bonchev–Trinajstić information content (AvgIpc) is 2.80. The van der Waals surface area contributed by atoms with E-state index in [1.807, 2.05) is 11.8 Å². The number of alkyl halides is 1. The number of carbonyl (C=O) groups is 1. The van der Waals surface area contributed by atoms with Gasteiger partial charge in [0, 0.05) is 19.7 Å². The Hall–Kier alpha value is -0.320. The lowest BCUT2D eigenvalue weighted by Gasteiger charge is -2.37. The molecule has 0 aromatic heterocycles. The molecule has 2 aliphatic heterocycles. The molecule has 0 radical (unpaired) electrons. The summed E-state index contributed by atoms with van der Waals surface area (Å²) in [5, 5.41) is 0. The van der Waals surface area contributed by atoms with Crippen molar-refractivity contribution in [1.29, 1.82) is 0 Å². The molecule has 3 atom stereocenters.